The molecule has 0 fully saturated rings. The fourth-order valence-electron chi connectivity index (χ4n) is 2.03. The number of sulfonamides is 1. The molecular weight excluding hydrogens is 282 g/mol. The first-order valence-corrected chi connectivity index (χ1v) is 7.46. The van der Waals surface area contributed by atoms with Gasteiger partial charge in [-0.15, -0.1) is 0 Å². The van der Waals surface area contributed by atoms with Gasteiger partial charge in [0, 0.05) is 11.9 Å². The summed E-state index contributed by atoms with van der Waals surface area (Å²) in [5, 5.41) is 16.0. The summed E-state index contributed by atoms with van der Waals surface area (Å²) in [6, 6.07) is 3.33. The van der Waals surface area contributed by atoms with Crippen molar-refractivity contribution in [3.63, 3.8) is 0 Å². The highest BCUT2D eigenvalue weighted by Gasteiger charge is 2.27. The Labute approximate surface area is 116 Å². The molecule has 0 bridgehead atoms. The summed E-state index contributed by atoms with van der Waals surface area (Å²) >= 11 is 0. The second-order valence-corrected chi connectivity index (χ2v) is 6.33. The number of hydrogen-bond donors (Lipinski definition) is 2. The zero-order valence-electron chi connectivity index (χ0n) is 11.1. The molecule has 0 aliphatic carbocycles. The van der Waals surface area contributed by atoms with Gasteiger partial charge in [0.1, 0.15) is 11.4 Å². The highest BCUT2D eigenvalue weighted by atomic mass is 32.2. The minimum atomic E-state index is -3.88. The second-order valence-electron chi connectivity index (χ2n) is 4.42. The van der Waals surface area contributed by atoms with Crippen molar-refractivity contribution in [2.75, 3.05) is 13.1 Å². The van der Waals surface area contributed by atoms with Crippen molar-refractivity contribution in [1.82, 2.24) is 14.5 Å². The lowest BCUT2D eigenvalue weighted by Gasteiger charge is -2.19. The van der Waals surface area contributed by atoms with E-state index in [9.17, 15) is 13.2 Å². The molecule has 0 aliphatic rings. The minimum Gasteiger partial charge on any atom is -0.480 e. The molecule has 1 heterocycles. The SMILES string of the molecule is CCN(CC(=O)O)S(=O)(=O)c1cc(C)cc2cn[nH]c12. The number of aromatic nitrogens is 2. The van der Waals surface area contributed by atoms with Crippen molar-refractivity contribution in [2.45, 2.75) is 18.7 Å². The number of benzene rings is 1. The third-order valence-corrected chi connectivity index (χ3v) is 4.88. The maximum Gasteiger partial charge on any atom is 0.318 e. The van der Waals surface area contributed by atoms with E-state index in [4.69, 9.17) is 5.11 Å². The molecule has 0 atom stereocenters. The van der Waals surface area contributed by atoms with Crippen molar-refractivity contribution < 1.29 is 18.3 Å². The minimum absolute atomic E-state index is 0.0492. The first kappa shape index (κ1) is 14.5. The van der Waals surface area contributed by atoms with Gasteiger partial charge < -0.3 is 5.11 Å². The van der Waals surface area contributed by atoms with Crippen molar-refractivity contribution in [3.05, 3.63) is 23.9 Å². The van der Waals surface area contributed by atoms with Crippen LogP contribution in [0.5, 0.6) is 0 Å². The molecule has 0 spiro atoms. The van der Waals surface area contributed by atoms with Gasteiger partial charge in [0.05, 0.1) is 11.7 Å². The summed E-state index contributed by atoms with van der Waals surface area (Å²) in [6.07, 6.45) is 1.54. The van der Waals surface area contributed by atoms with E-state index in [-0.39, 0.29) is 11.4 Å². The molecule has 8 heteroatoms. The number of nitrogens with zero attached hydrogens (tertiary/aromatic N) is 2. The Morgan fingerprint density at radius 1 is 1.45 bits per heavy atom. The van der Waals surface area contributed by atoms with Crippen LogP contribution in [0, 0.1) is 6.92 Å². The quantitative estimate of drug-likeness (QED) is 0.855. The normalized spacial score (nSPS) is 12.2. The third-order valence-electron chi connectivity index (χ3n) is 2.94. The van der Waals surface area contributed by atoms with Crippen molar-refractivity contribution in [2.24, 2.45) is 0 Å². The molecule has 1 aromatic heterocycles. The molecule has 20 heavy (non-hydrogen) atoms. The van der Waals surface area contributed by atoms with Gasteiger partial charge in [-0.2, -0.15) is 9.40 Å². The highest BCUT2D eigenvalue weighted by molar-refractivity contribution is 7.89. The summed E-state index contributed by atoms with van der Waals surface area (Å²) < 4.78 is 26.1. The van der Waals surface area contributed by atoms with Gasteiger partial charge >= 0.3 is 5.97 Å². The average molecular weight is 297 g/mol. The third kappa shape index (κ3) is 2.52. The number of aliphatic carboxylic acids is 1. The van der Waals surface area contributed by atoms with Crippen LogP contribution in [0.1, 0.15) is 12.5 Å². The first-order chi connectivity index (χ1) is 9.36. The van der Waals surface area contributed by atoms with Crippen molar-refractivity contribution in [3.8, 4) is 0 Å². The molecule has 0 unspecified atom stereocenters. The topological polar surface area (TPSA) is 103 Å². The molecule has 0 saturated heterocycles. The monoisotopic (exact) mass is 297 g/mol. The van der Waals surface area contributed by atoms with Gasteiger partial charge in [-0.3, -0.25) is 9.89 Å². The van der Waals surface area contributed by atoms with E-state index in [0.717, 1.165) is 9.87 Å². The molecule has 2 rings (SSSR count). The van der Waals surface area contributed by atoms with Crippen LogP contribution in [0.15, 0.2) is 23.2 Å². The average Bonchev–Trinajstić information content (AvgIpc) is 2.82. The smallest absolute Gasteiger partial charge is 0.318 e. The predicted molar refractivity (Wildman–Crippen MR) is 72.9 cm³/mol. The van der Waals surface area contributed by atoms with E-state index in [1.807, 2.05) is 6.07 Å². The van der Waals surface area contributed by atoms with Gasteiger partial charge in [-0.05, 0) is 24.6 Å². The van der Waals surface area contributed by atoms with Gasteiger partial charge in [0.2, 0.25) is 10.0 Å². The van der Waals surface area contributed by atoms with E-state index in [2.05, 4.69) is 10.2 Å². The predicted octanol–water partition coefficient (Wildman–Crippen LogP) is 0.967. The molecule has 2 aromatic rings. The fourth-order valence-corrected chi connectivity index (χ4v) is 3.68. The lowest BCUT2D eigenvalue weighted by Crippen LogP contribution is -2.35. The zero-order valence-corrected chi connectivity index (χ0v) is 11.9. The van der Waals surface area contributed by atoms with Crippen LogP contribution >= 0.6 is 0 Å². The number of carbonyl (C=O) groups is 1. The maximum absolute atomic E-state index is 12.6. The first-order valence-electron chi connectivity index (χ1n) is 6.02. The number of rotatable bonds is 5. The number of aryl methyl sites for hydroxylation is 1. The molecule has 2 N–H and O–H groups in total. The summed E-state index contributed by atoms with van der Waals surface area (Å²) in [5.41, 5.74) is 1.16. The molecule has 0 amide bonds. The number of carboxylic acids is 1. The Balaban J connectivity index is 2.61. The fraction of sp³-hybridized carbons (Fsp3) is 0.333. The van der Waals surface area contributed by atoms with Crippen LogP contribution in [0.4, 0.5) is 0 Å². The Bertz CT molecular complexity index is 751. The van der Waals surface area contributed by atoms with Gasteiger partial charge in [-0.25, -0.2) is 8.42 Å². The number of aromatic amines is 1. The Kier molecular flexibility index (Phi) is 3.78. The number of fused-ring (bicyclic) bond motifs is 1. The molecule has 0 saturated carbocycles. The van der Waals surface area contributed by atoms with Crippen LogP contribution in [-0.4, -0.2) is 47.1 Å². The standard InChI is InChI=1S/C12H15N3O4S/c1-3-15(7-11(16)17)20(18,19)10-5-8(2)4-9-6-13-14-12(9)10/h4-6H,3,7H2,1-2H3,(H,13,14)(H,16,17). The molecule has 7 nitrogen and oxygen atoms in total. The number of nitrogens with one attached hydrogen (secondary N) is 1. The van der Waals surface area contributed by atoms with Crippen molar-refractivity contribution in [1.29, 1.82) is 0 Å². The maximum atomic E-state index is 12.6. The lowest BCUT2D eigenvalue weighted by atomic mass is 10.2. The molecule has 0 aliphatic heterocycles. The van der Waals surface area contributed by atoms with E-state index >= 15 is 0 Å². The van der Waals surface area contributed by atoms with Crippen LogP contribution in [0.25, 0.3) is 10.9 Å². The molecule has 0 radical (unpaired) electrons. The summed E-state index contributed by atoms with van der Waals surface area (Å²) in [6.45, 7) is 2.89. The molecule has 1 aromatic carbocycles. The van der Waals surface area contributed by atoms with E-state index in [1.165, 1.54) is 12.3 Å². The molecule has 108 valence electrons. The Morgan fingerprint density at radius 2 is 2.15 bits per heavy atom. The van der Waals surface area contributed by atoms with Gasteiger partial charge in [0.25, 0.3) is 0 Å². The summed E-state index contributed by atoms with van der Waals surface area (Å²) in [4.78, 5) is 10.9. The van der Waals surface area contributed by atoms with Crippen molar-refractivity contribution >= 4 is 26.9 Å². The Hall–Kier alpha value is -1.93. The lowest BCUT2D eigenvalue weighted by molar-refractivity contribution is -0.137. The Morgan fingerprint density at radius 3 is 2.75 bits per heavy atom. The number of hydrogen-bond acceptors (Lipinski definition) is 4. The largest absolute Gasteiger partial charge is 0.480 e. The zero-order chi connectivity index (χ0) is 14.9. The van der Waals surface area contributed by atoms with E-state index < -0.39 is 22.5 Å². The second kappa shape index (κ2) is 5.22. The van der Waals surface area contributed by atoms with Crippen LogP contribution in [0.3, 0.4) is 0 Å². The number of likely N-dealkylation sites (N-methyl/N-ethyl adjacent to an activating group) is 1. The van der Waals surface area contributed by atoms with E-state index in [1.54, 1.807) is 13.8 Å². The highest BCUT2D eigenvalue weighted by Crippen LogP contribution is 2.25. The summed E-state index contributed by atoms with van der Waals surface area (Å²) in [5.74, 6) is -1.19. The molecular formula is C12H15N3O4S. The van der Waals surface area contributed by atoms with Gasteiger partial charge in [0.15, 0.2) is 0 Å². The number of H-pyrrole nitrogens is 1. The van der Waals surface area contributed by atoms with E-state index in [0.29, 0.717) is 10.9 Å². The van der Waals surface area contributed by atoms with Crippen LogP contribution in [0.2, 0.25) is 0 Å². The summed E-state index contributed by atoms with van der Waals surface area (Å²) in [7, 11) is -3.88. The van der Waals surface area contributed by atoms with Crippen LogP contribution in [-0.2, 0) is 14.8 Å². The van der Waals surface area contributed by atoms with Crippen LogP contribution < -0.4 is 0 Å². The number of carboxylic acid groups (broad SMARTS) is 1. The van der Waals surface area contributed by atoms with Gasteiger partial charge in [-0.1, -0.05) is 6.92 Å².